The number of aryl methyl sites for hydroxylation is 2. The zero-order valence-electron chi connectivity index (χ0n) is 9.66. The summed E-state index contributed by atoms with van der Waals surface area (Å²) in [5.74, 6) is 0.619. The lowest BCUT2D eigenvalue weighted by atomic mass is 10.2. The highest BCUT2D eigenvalue weighted by molar-refractivity contribution is 5.76. The molecule has 6 heteroatoms. The van der Waals surface area contributed by atoms with Crippen molar-refractivity contribution < 1.29 is 4.79 Å². The number of carbonyl (C=O) groups excluding carboxylic acids is 1. The number of nitrogens with one attached hydrogen (secondary N) is 2. The first-order valence-corrected chi connectivity index (χ1v) is 4.98. The lowest BCUT2D eigenvalue weighted by molar-refractivity contribution is -0.120. The molecule has 0 spiro atoms. The van der Waals surface area contributed by atoms with E-state index in [4.69, 9.17) is 5.26 Å². The van der Waals surface area contributed by atoms with Crippen LogP contribution in [0.1, 0.15) is 17.7 Å². The fraction of sp³-hybridized carbons (Fsp3) is 0.500. The summed E-state index contributed by atoms with van der Waals surface area (Å²) < 4.78 is 1.61. The molecule has 86 valence electrons. The van der Waals surface area contributed by atoms with E-state index in [0.717, 1.165) is 0 Å². The SMILES string of the molecule is CNC(=O)CCNc1c(C#N)c(C)nn1C. The molecule has 0 fully saturated rings. The number of anilines is 1. The largest absolute Gasteiger partial charge is 0.369 e. The molecule has 0 aliphatic heterocycles. The summed E-state index contributed by atoms with van der Waals surface area (Å²) in [7, 11) is 3.35. The Morgan fingerprint density at radius 3 is 2.88 bits per heavy atom. The third kappa shape index (κ3) is 2.51. The Bertz CT molecular complexity index is 429. The van der Waals surface area contributed by atoms with Gasteiger partial charge in [0, 0.05) is 27.1 Å². The Morgan fingerprint density at radius 2 is 2.31 bits per heavy atom. The standard InChI is InChI=1S/C10H15N5O/c1-7-8(6-11)10(15(3)14-7)13-5-4-9(16)12-2/h13H,4-5H2,1-3H3,(H,12,16). The summed E-state index contributed by atoms with van der Waals surface area (Å²) in [6.07, 6.45) is 0.367. The Kier molecular flexibility index (Phi) is 3.89. The smallest absolute Gasteiger partial charge is 0.221 e. The molecule has 1 rings (SSSR count). The maximum Gasteiger partial charge on any atom is 0.221 e. The highest BCUT2D eigenvalue weighted by Crippen LogP contribution is 2.16. The second kappa shape index (κ2) is 5.16. The van der Waals surface area contributed by atoms with Gasteiger partial charge in [-0.05, 0) is 6.92 Å². The van der Waals surface area contributed by atoms with E-state index < -0.39 is 0 Å². The quantitative estimate of drug-likeness (QED) is 0.758. The van der Waals surface area contributed by atoms with Crippen molar-refractivity contribution >= 4 is 11.7 Å². The maximum atomic E-state index is 11.0. The van der Waals surface area contributed by atoms with E-state index in [1.165, 1.54) is 0 Å². The minimum absolute atomic E-state index is 0.0371. The number of aromatic nitrogens is 2. The lowest BCUT2D eigenvalue weighted by Crippen LogP contribution is -2.21. The van der Waals surface area contributed by atoms with Crippen LogP contribution in [-0.4, -0.2) is 29.3 Å². The molecular weight excluding hydrogens is 206 g/mol. The van der Waals surface area contributed by atoms with Gasteiger partial charge in [-0.3, -0.25) is 9.48 Å². The first-order chi connectivity index (χ1) is 7.60. The van der Waals surface area contributed by atoms with Crippen LogP contribution >= 0.6 is 0 Å². The zero-order valence-corrected chi connectivity index (χ0v) is 9.66. The Balaban J connectivity index is 2.67. The Morgan fingerprint density at radius 1 is 1.62 bits per heavy atom. The average molecular weight is 221 g/mol. The summed E-state index contributed by atoms with van der Waals surface area (Å²) in [5, 5.41) is 18.6. The maximum absolute atomic E-state index is 11.0. The normalized spacial score (nSPS) is 9.62. The van der Waals surface area contributed by atoms with Crippen molar-refractivity contribution in [2.24, 2.45) is 7.05 Å². The summed E-state index contributed by atoms with van der Waals surface area (Å²) in [4.78, 5) is 11.0. The van der Waals surface area contributed by atoms with Gasteiger partial charge in [0.1, 0.15) is 17.5 Å². The van der Waals surface area contributed by atoms with Crippen LogP contribution in [0.5, 0.6) is 0 Å². The molecule has 6 nitrogen and oxygen atoms in total. The third-order valence-corrected chi connectivity index (χ3v) is 2.26. The van der Waals surface area contributed by atoms with E-state index in [9.17, 15) is 4.79 Å². The van der Waals surface area contributed by atoms with Crippen LogP contribution in [0.4, 0.5) is 5.82 Å². The Hall–Kier alpha value is -2.03. The van der Waals surface area contributed by atoms with Crippen LogP contribution in [0.3, 0.4) is 0 Å². The second-order valence-corrected chi connectivity index (χ2v) is 3.39. The van der Waals surface area contributed by atoms with Gasteiger partial charge in [-0.1, -0.05) is 0 Å². The van der Waals surface area contributed by atoms with E-state index >= 15 is 0 Å². The summed E-state index contributed by atoms with van der Waals surface area (Å²) in [6.45, 7) is 2.26. The number of amides is 1. The van der Waals surface area contributed by atoms with Gasteiger partial charge in [0.05, 0.1) is 5.69 Å². The topological polar surface area (TPSA) is 82.7 Å². The molecule has 1 aromatic rings. The molecule has 0 atom stereocenters. The van der Waals surface area contributed by atoms with E-state index in [1.54, 1.807) is 25.7 Å². The van der Waals surface area contributed by atoms with Gasteiger partial charge < -0.3 is 10.6 Å². The number of hydrogen-bond donors (Lipinski definition) is 2. The summed E-state index contributed by atoms with van der Waals surface area (Å²) in [6, 6.07) is 2.09. The molecule has 0 bridgehead atoms. The van der Waals surface area contributed by atoms with Gasteiger partial charge in [0.2, 0.25) is 5.91 Å². The molecule has 2 N–H and O–H groups in total. The van der Waals surface area contributed by atoms with Gasteiger partial charge in [0.15, 0.2) is 0 Å². The minimum atomic E-state index is -0.0371. The number of nitrogens with zero attached hydrogens (tertiary/aromatic N) is 3. The number of nitriles is 1. The van der Waals surface area contributed by atoms with Crippen molar-refractivity contribution in [1.29, 1.82) is 5.26 Å². The third-order valence-electron chi connectivity index (χ3n) is 2.26. The molecule has 1 amide bonds. The highest BCUT2D eigenvalue weighted by atomic mass is 16.1. The first-order valence-electron chi connectivity index (χ1n) is 4.98. The predicted octanol–water partition coefficient (Wildman–Crippen LogP) is 0.148. The van der Waals surface area contributed by atoms with Crippen LogP contribution in [-0.2, 0) is 11.8 Å². The molecule has 0 aromatic carbocycles. The predicted molar refractivity (Wildman–Crippen MR) is 59.8 cm³/mol. The van der Waals surface area contributed by atoms with Crippen LogP contribution in [0.2, 0.25) is 0 Å². The van der Waals surface area contributed by atoms with Crippen molar-refractivity contribution in [3.63, 3.8) is 0 Å². The molecule has 1 heterocycles. The van der Waals surface area contributed by atoms with Crippen molar-refractivity contribution in [1.82, 2.24) is 15.1 Å². The fourth-order valence-electron chi connectivity index (χ4n) is 1.41. The fourth-order valence-corrected chi connectivity index (χ4v) is 1.41. The molecule has 0 aliphatic rings. The van der Waals surface area contributed by atoms with Crippen molar-refractivity contribution in [3.05, 3.63) is 11.3 Å². The molecule has 0 saturated heterocycles. The van der Waals surface area contributed by atoms with Crippen LogP contribution < -0.4 is 10.6 Å². The van der Waals surface area contributed by atoms with Crippen LogP contribution in [0.15, 0.2) is 0 Å². The van der Waals surface area contributed by atoms with Gasteiger partial charge in [0.25, 0.3) is 0 Å². The minimum Gasteiger partial charge on any atom is -0.369 e. The number of carbonyl (C=O) groups is 1. The number of hydrogen-bond acceptors (Lipinski definition) is 4. The molecule has 1 aromatic heterocycles. The highest BCUT2D eigenvalue weighted by Gasteiger charge is 2.12. The molecule has 0 aliphatic carbocycles. The van der Waals surface area contributed by atoms with E-state index in [2.05, 4.69) is 21.8 Å². The average Bonchev–Trinajstić information content (AvgIpc) is 2.53. The molecule has 16 heavy (non-hydrogen) atoms. The van der Waals surface area contributed by atoms with Gasteiger partial charge in [-0.25, -0.2) is 0 Å². The first kappa shape index (κ1) is 12.0. The van der Waals surface area contributed by atoms with Gasteiger partial charge >= 0.3 is 0 Å². The summed E-state index contributed by atoms with van der Waals surface area (Å²) >= 11 is 0. The van der Waals surface area contributed by atoms with E-state index in [0.29, 0.717) is 30.0 Å². The second-order valence-electron chi connectivity index (χ2n) is 3.39. The lowest BCUT2D eigenvalue weighted by Gasteiger charge is -2.06. The van der Waals surface area contributed by atoms with E-state index in [1.807, 2.05) is 0 Å². The van der Waals surface area contributed by atoms with Gasteiger partial charge in [-0.2, -0.15) is 10.4 Å². The van der Waals surface area contributed by atoms with Crippen LogP contribution in [0.25, 0.3) is 0 Å². The molecule has 0 radical (unpaired) electrons. The molecule has 0 unspecified atom stereocenters. The molecular formula is C10H15N5O. The number of rotatable bonds is 4. The monoisotopic (exact) mass is 221 g/mol. The zero-order chi connectivity index (χ0) is 12.1. The van der Waals surface area contributed by atoms with Crippen molar-refractivity contribution in [2.75, 3.05) is 18.9 Å². The summed E-state index contributed by atoms with van der Waals surface area (Å²) in [5.41, 5.74) is 1.21. The van der Waals surface area contributed by atoms with E-state index in [-0.39, 0.29) is 5.91 Å². The van der Waals surface area contributed by atoms with Crippen molar-refractivity contribution in [2.45, 2.75) is 13.3 Å². The van der Waals surface area contributed by atoms with Crippen LogP contribution in [0, 0.1) is 18.3 Å². The van der Waals surface area contributed by atoms with Crippen molar-refractivity contribution in [3.8, 4) is 6.07 Å². The van der Waals surface area contributed by atoms with Gasteiger partial charge in [-0.15, -0.1) is 0 Å². The Labute approximate surface area is 94.2 Å². The molecule has 0 saturated carbocycles.